The van der Waals surface area contributed by atoms with Crippen LogP contribution >= 0.6 is 0 Å². The quantitative estimate of drug-likeness (QED) is 0.690. The zero-order valence-electron chi connectivity index (χ0n) is 16.5. The van der Waals surface area contributed by atoms with Gasteiger partial charge in [0, 0.05) is 39.9 Å². The Morgan fingerprint density at radius 2 is 2.11 bits per heavy atom. The standard InChI is InChI=1S/C18H30N4O5/c1-4-25-14(2)17-19-15(27-20-17)11-21-7-5-18(6-8-21)13-22(9-10-26-18)16(23)12-24-3/h14H,4-13H2,1-3H3. The fourth-order valence-electron chi connectivity index (χ4n) is 3.71. The van der Waals surface area contributed by atoms with Crippen LogP contribution in [0.2, 0.25) is 0 Å². The Bertz CT molecular complexity index is 615. The Morgan fingerprint density at radius 1 is 1.33 bits per heavy atom. The first kappa shape index (κ1) is 20.2. The molecule has 1 spiro atoms. The van der Waals surface area contributed by atoms with E-state index in [2.05, 4.69) is 15.0 Å². The van der Waals surface area contributed by atoms with Crippen molar-refractivity contribution < 1.29 is 23.5 Å². The van der Waals surface area contributed by atoms with Gasteiger partial charge in [0.2, 0.25) is 11.8 Å². The zero-order chi connectivity index (χ0) is 19.3. The van der Waals surface area contributed by atoms with Gasteiger partial charge >= 0.3 is 0 Å². The molecular weight excluding hydrogens is 352 g/mol. The van der Waals surface area contributed by atoms with E-state index in [1.807, 2.05) is 18.7 Å². The van der Waals surface area contributed by atoms with Crippen molar-refractivity contribution in [2.75, 3.05) is 53.1 Å². The van der Waals surface area contributed by atoms with Crippen molar-refractivity contribution >= 4 is 5.91 Å². The summed E-state index contributed by atoms with van der Waals surface area (Å²) in [5.41, 5.74) is -0.248. The van der Waals surface area contributed by atoms with E-state index in [4.69, 9.17) is 18.7 Å². The fourth-order valence-corrected chi connectivity index (χ4v) is 3.71. The lowest BCUT2D eigenvalue weighted by Gasteiger charge is -2.47. The summed E-state index contributed by atoms with van der Waals surface area (Å²) in [7, 11) is 1.55. The summed E-state index contributed by atoms with van der Waals surface area (Å²) < 4.78 is 21.9. The maximum Gasteiger partial charge on any atom is 0.248 e. The van der Waals surface area contributed by atoms with Crippen LogP contribution in [0, 0.1) is 0 Å². The monoisotopic (exact) mass is 382 g/mol. The van der Waals surface area contributed by atoms with E-state index in [0.29, 0.717) is 44.6 Å². The van der Waals surface area contributed by atoms with E-state index in [0.717, 1.165) is 25.9 Å². The number of ether oxygens (including phenoxy) is 3. The molecule has 0 radical (unpaired) electrons. The van der Waals surface area contributed by atoms with E-state index in [1.54, 1.807) is 7.11 Å². The van der Waals surface area contributed by atoms with Crippen molar-refractivity contribution in [1.82, 2.24) is 19.9 Å². The summed E-state index contributed by atoms with van der Waals surface area (Å²) in [5.74, 6) is 1.22. The fraction of sp³-hybridized carbons (Fsp3) is 0.833. The van der Waals surface area contributed by atoms with Crippen LogP contribution < -0.4 is 0 Å². The number of hydrogen-bond donors (Lipinski definition) is 0. The molecule has 1 atom stereocenters. The summed E-state index contributed by atoms with van der Waals surface area (Å²) in [6.45, 7) is 8.81. The van der Waals surface area contributed by atoms with Crippen LogP contribution in [0.4, 0.5) is 0 Å². The Morgan fingerprint density at radius 3 is 2.81 bits per heavy atom. The van der Waals surface area contributed by atoms with Crippen molar-refractivity contribution in [2.45, 2.75) is 44.9 Å². The summed E-state index contributed by atoms with van der Waals surface area (Å²) in [6, 6.07) is 0. The minimum absolute atomic E-state index is 0.0319. The minimum atomic E-state index is -0.248. The van der Waals surface area contributed by atoms with E-state index in [9.17, 15) is 4.79 Å². The molecule has 27 heavy (non-hydrogen) atoms. The van der Waals surface area contributed by atoms with Gasteiger partial charge in [0.1, 0.15) is 12.7 Å². The molecule has 1 unspecified atom stereocenters. The molecule has 3 heterocycles. The predicted octanol–water partition coefficient (Wildman–Crippen LogP) is 1.01. The topological polar surface area (TPSA) is 90.2 Å². The van der Waals surface area contributed by atoms with Crippen LogP contribution in [-0.4, -0.2) is 84.6 Å². The number of aromatic nitrogens is 2. The molecule has 0 aromatic carbocycles. The van der Waals surface area contributed by atoms with Crippen molar-refractivity contribution in [2.24, 2.45) is 0 Å². The number of amides is 1. The molecule has 1 aromatic rings. The molecule has 2 saturated heterocycles. The van der Waals surface area contributed by atoms with E-state index < -0.39 is 0 Å². The Balaban J connectivity index is 1.50. The molecule has 2 aliphatic heterocycles. The predicted molar refractivity (Wildman–Crippen MR) is 96.0 cm³/mol. The number of piperidine rings is 1. The Kier molecular flexibility index (Phi) is 6.80. The van der Waals surface area contributed by atoms with Crippen LogP contribution in [0.15, 0.2) is 4.52 Å². The smallest absolute Gasteiger partial charge is 0.248 e. The Labute approximate surface area is 159 Å². The van der Waals surface area contributed by atoms with Crippen LogP contribution in [0.3, 0.4) is 0 Å². The van der Waals surface area contributed by atoms with Gasteiger partial charge in [-0.1, -0.05) is 5.16 Å². The summed E-state index contributed by atoms with van der Waals surface area (Å²) >= 11 is 0. The van der Waals surface area contributed by atoms with Crippen LogP contribution in [0.5, 0.6) is 0 Å². The van der Waals surface area contributed by atoms with Crippen molar-refractivity contribution in [3.63, 3.8) is 0 Å². The number of methoxy groups -OCH3 is 1. The average Bonchev–Trinajstić information content (AvgIpc) is 3.13. The second-order valence-corrected chi connectivity index (χ2v) is 7.20. The lowest BCUT2D eigenvalue weighted by molar-refractivity contribution is -0.162. The normalized spacial score (nSPS) is 21.5. The zero-order valence-corrected chi connectivity index (χ0v) is 16.5. The molecular formula is C18H30N4O5. The molecule has 9 nitrogen and oxygen atoms in total. The maximum atomic E-state index is 12.1. The number of likely N-dealkylation sites (tertiary alicyclic amines) is 1. The number of morpholine rings is 1. The van der Waals surface area contributed by atoms with Gasteiger partial charge in [0.25, 0.3) is 0 Å². The second kappa shape index (κ2) is 9.09. The third-order valence-electron chi connectivity index (χ3n) is 5.26. The third-order valence-corrected chi connectivity index (χ3v) is 5.26. The minimum Gasteiger partial charge on any atom is -0.375 e. The highest BCUT2D eigenvalue weighted by Crippen LogP contribution is 2.30. The van der Waals surface area contributed by atoms with E-state index in [1.165, 1.54) is 0 Å². The van der Waals surface area contributed by atoms with Crippen molar-refractivity contribution in [3.8, 4) is 0 Å². The number of carbonyl (C=O) groups is 1. The lowest BCUT2D eigenvalue weighted by atomic mass is 9.89. The van der Waals surface area contributed by atoms with Crippen LogP contribution in [0.25, 0.3) is 0 Å². The molecule has 3 rings (SSSR count). The van der Waals surface area contributed by atoms with Gasteiger partial charge in [0.05, 0.1) is 18.8 Å². The lowest BCUT2D eigenvalue weighted by Crippen LogP contribution is -2.58. The summed E-state index contributed by atoms with van der Waals surface area (Å²) in [4.78, 5) is 20.7. The number of carbonyl (C=O) groups excluding carboxylic acids is 1. The van der Waals surface area contributed by atoms with Gasteiger partial charge in [-0.3, -0.25) is 9.69 Å². The maximum absolute atomic E-state index is 12.1. The van der Waals surface area contributed by atoms with Gasteiger partial charge < -0.3 is 23.6 Å². The summed E-state index contributed by atoms with van der Waals surface area (Å²) in [5, 5.41) is 4.01. The molecule has 0 N–H and O–H groups in total. The first-order valence-corrected chi connectivity index (χ1v) is 9.62. The van der Waals surface area contributed by atoms with Crippen LogP contribution in [0.1, 0.15) is 44.5 Å². The summed E-state index contributed by atoms with van der Waals surface area (Å²) in [6.07, 6.45) is 1.59. The largest absolute Gasteiger partial charge is 0.375 e. The van der Waals surface area contributed by atoms with Gasteiger partial charge in [-0.15, -0.1) is 0 Å². The highest BCUT2D eigenvalue weighted by molar-refractivity contribution is 5.77. The van der Waals surface area contributed by atoms with Crippen molar-refractivity contribution in [1.29, 1.82) is 0 Å². The van der Waals surface area contributed by atoms with Crippen LogP contribution in [-0.2, 0) is 25.5 Å². The molecule has 2 fully saturated rings. The average molecular weight is 382 g/mol. The number of nitrogens with zero attached hydrogens (tertiary/aromatic N) is 4. The molecule has 0 saturated carbocycles. The SMILES string of the molecule is CCOC(C)c1noc(CN2CCC3(CC2)CN(C(=O)COC)CCO3)n1. The van der Waals surface area contributed by atoms with Gasteiger partial charge in [-0.25, -0.2) is 0 Å². The highest BCUT2D eigenvalue weighted by Gasteiger charge is 2.41. The molecule has 1 amide bonds. The van der Waals surface area contributed by atoms with E-state index >= 15 is 0 Å². The van der Waals surface area contributed by atoms with Gasteiger partial charge in [-0.05, 0) is 26.7 Å². The van der Waals surface area contributed by atoms with Gasteiger partial charge in [-0.2, -0.15) is 4.98 Å². The van der Waals surface area contributed by atoms with Gasteiger partial charge in [0.15, 0.2) is 5.82 Å². The highest BCUT2D eigenvalue weighted by atomic mass is 16.5. The Hall–Kier alpha value is -1.55. The first-order valence-electron chi connectivity index (χ1n) is 9.62. The molecule has 1 aromatic heterocycles. The first-order chi connectivity index (χ1) is 13.0. The third kappa shape index (κ3) is 5.04. The molecule has 152 valence electrons. The molecule has 2 aliphatic rings. The van der Waals surface area contributed by atoms with E-state index in [-0.39, 0.29) is 24.2 Å². The molecule has 0 aliphatic carbocycles. The molecule has 0 bridgehead atoms. The second-order valence-electron chi connectivity index (χ2n) is 7.20. The number of rotatable bonds is 7. The van der Waals surface area contributed by atoms with Crippen molar-refractivity contribution in [3.05, 3.63) is 11.7 Å². The number of hydrogen-bond acceptors (Lipinski definition) is 8. The molecule has 9 heteroatoms.